The number of carbonyl (C=O) groups excluding carboxylic acids is 1. The largest absolute Gasteiger partial charge is 0.496 e. The highest BCUT2D eigenvalue weighted by molar-refractivity contribution is 7.98. The van der Waals surface area contributed by atoms with Gasteiger partial charge in [-0.05, 0) is 37.0 Å². The Balaban J connectivity index is 2.51. The maximum atomic E-state index is 11.7. The number of aromatic carboxylic acids is 1. The van der Waals surface area contributed by atoms with Gasteiger partial charge in [0.1, 0.15) is 11.3 Å². The average molecular weight is 312 g/mol. The summed E-state index contributed by atoms with van der Waals surface area (Å²) < 4.78 is 5.00. The predicted octanol–water partition coefficient (Wildman–Crippen LogP) is 2.66. The molecule has 0 unspecified atom stereocenters. The third kappa shape index (κ3) is 5.95. The Bertz CT molecular complexity index is 494. The summed E-state index contributed by atoms with van der Waals surface area (Å²) in [5, 5.41) is 14.4. The number of ether oxygens (including phenoxy) is 1. The molecule has 0 aliphatic rings. The van der Waals surface area contributed by atoms with Gasteiger partial charge in [0.05, 0.1) is 7.11 Å². The first-order valence-electron chi connectivity index (χ1n) is 6.53. The lowest BCUT2D eigenvalue weighted by atomic mass is 10.2. The number of carboxylic acids is 1. The molecule has 116 valence electrons. The van der Waals surface area contributed by atoms with Gasteiger partial charge in [0, 0.05) is 18.3 Å². The first-order valence-corrected chi connectivity index (χ1v) is 7.93. The SMILES string of the molecule is COc1cc(NC(=O)NCCCCSC)ccc1C(=O)O. The monoisotopic (exact) mass is 312 g/mol. The predicted molar refractivity (Wildman–Crippen MR) is 84.6 cm³/mol. The Kier molecular flexibility index (Phi) is 7.45. The maximum Gasteiger partial charge on any atom is 0.339 e. The zero-order chi connectivity index (χ0) is 15.7. The number of thioether (sulfide) groups is 1. The number of anilines is 1. The van der Waals surface area contributed by atoms with Gasteiger partial charge < -0.3 is 20.5 Å². The summed E-state index contributed by atoms with van der Waals surface area (Å²) in [4.78, 5) is 22.6. The van der Waals surface area contributed by atoms with E-state index in [9.17, 15) is 9.59 Å². The number of nitrogens with one attached hydrogen (secondary N) is 2. The highest BCUT2D eigenvalue weighted by atomic mass is 32.2. The summed E-state index contributed by atoms with van der Waals surface area (Å²) in [5.74, 6) is 0.217. The summed E-state index contributed by atoms with van der Waals surface area (Å²) in [7, 11) is 1.39. The number of hydrogen-bond donors (Lipinski definition) is 3. The summed E-state index contributed by atoms with van der Waals surface area (Å²) in [5.41, 5.74) is 0.541. The highest BCUT2D eigenvalue weighted by Gasteiger charge is 2.12. The molecule has 1 rings (SSSR count). The first-order chi connectivity index (χ1) is 10.1. The molecule has 0 spiro atoms. The lowest BCUT2D eigenvalue weighted by Gasteiger charge is -2.10. The van der Waals surface area contributed by atoms with E-state index < -0.39 is 5.97 Å². The van der Waals surface area contributed by atoms with Gasteiger partial charge in [-0.25, -0.2) is 9.59 Å². The number of amides is 2. The molecule has 0 aromatic heterocycles. The second-order valence-corrected chi connectivity index (χ2v) is 5.29. The van der Waals surface area contributed by atoms with Gasteiger partial charge in [-0.3, -0.25) is 0 Å². The lowest BCUT2D eigenvalue weighted by Crippen LogP contribution is -2.29. The van der Waals surface area contributed by atoms with Gasteiger partial charge in [-0.15, -0.1) is 0 Å². The summed E-state index contributed by atoms with van der Waals surface area (Å²) in [6, 6.07) is 4.09. The van der Waals surface area contributed by atoms with Crippen LogP contribution in [-0.2, 0) is 0 Å². The van der Waals surface area contributed by atoms with Gasteiger partial charge in [0.25, 0.3) is 0 Å². The molecule has 0 saturated carbocycles. The smallest absolute Gasteiger partial charge is 0.339 e. The van der Waals surface area contributed by atoms with Gasteiger partial charge in [0.15, 0.2) is 0 Å². The molecule has 0 saturated heterocycles. The van der Waals surface area contributed by atoms with Crippen LogP contribution in [0.25, 0.3) is 0 Å². The minimum Gasteiger partial charge on any atom is -0.496 e. The fourth-order valence-corrected chi connectivity index (χ4v) is 2.19. The Hall–Kier alpha value is -1.89. The molecular formula is C14H20N2O4S. The van der Waals surface area contributed by atoms with Crippen molar-refractivity contribution in [3.63, 3.8) is 0 Å². The van der Waals surface area contributed by atoms with Crippen molar-refractivity contribution in [3.8, 4) is 5.75 Å². The van der Waals surface area contributed by atoms with E-state index >= 15 is 0 Å². The van der Waals surface area contributed by atoms with Crippen LogP contribution >= 0.6 is 11.8 Å². The van der Waals surface area contributed by atoms with Crippen molar-refractivity contribution in [2.24, 2.45) is 0 Å². The van der Waals surface area contributed by atoms with E-state index in [1.165, 1.54) is 25.3 Å². The Labute approximate surface area is 128 Å². The normalized spacial score (nSPS) is 10.0. The number of carboxylic acid groups (broad SMARTS) is 1. The van der Waals surface area contributed by atoms with Crippen molar-refractivity contribution in [3.05, 3.63) is 23.8 Å². The summed E-state index contributed by atoms with van der Waals surface area (Å²) >= 11 is 1.78. The third-order valence-electron chi connectivity index (χ3n) is 2.75. The van der Waals surface area contributed by atoms with Crippen LogP contribution in [0.1, 0.15) is 23.2 Å². The number of rotatable bonds is 8. The molecule has 0 aliphatic carbocycles. The van der Waals surface area contributed by atoms with E-state index in [0.717, 1.165) is 18.6 Å². The fourth-order valence-electron chi connectivity index (χ4n) is 1.69. The van der Waals surface area contributed by atoms with E-state index in [4.69, 9.17) is 9.84 Å². The van der Waals surface area contributed by atoms with Gasteiger partial charge in [0.2, 0.25) is 0 Å². The Morgan fingerprint density at radius 2 is 2.10 bits per heavy atom. The second kappa shape index (κ2) is 9.12. The molecule has 7 heteroatoms. The highest BCUT2D eigenvalue weighted by Crippen LogP contribution is 2.23. The quantitative estimate of drug-likeness (QED) is 0.642. The van der Waals surface area contributed by atoms with Crippen LogP contribution in [0.3, 0.4) is 0 Å². The Morgan fingerprint density at radius 3 is 2.71 bits per heavy atom. The van der Waals surface area contributed by atoms with Crippen LogP contribution in [0.5, 0.6) is 5.75 Å². The maximum absolute atomic E-state index is 11.7. The minimum atomic E-state index is -1.07. The number of urea groups is 1. The van der Waals surface area contributed by atoms with Gasteiger partial charge in [-0.1, -0.05) is 0 Å². The van der Waals surface area contributed by atoms with E-state index in [-0.39, 0.29) is 17.3 Å². The van der Waals surface area contributed by atoms with E-state index in [0.29, 0.717) is 12.2 Å². The minimum absolute atomic E-state index is 0.0560. The number of benzene rings is 1. The lowest BCUT2D eigenvalue weighted by molar-refractivity contribution is 0.0693. The molecule has 0 heterocycles. The molecule has 1 aromatic rings. The zero-order valence-electron chi connectivity index (χ0n) is 12.1. The van der Waals surface area contributed by atoms with Crippen LogP contribution < -0.4 is 15.4 Å². The molecule has 3 N–H and O–H groups in total. The van der Waals surface area contributed by atoms with Crippen molar-refractivity contribution >= 4 is 29.4 Å². The molecule has 0 aliphatic heterocycles. The third-order valence-corrected chi connectivity index (χ3v) is 3.45. The van der Waals surface area contributed by atoms with Crippen LogP contribution in [-0.4, -0.2) is 42.8 Å². The van der Waals surface area contributed by atoms with Crippen molar-refractivity contribution in [2.75, 3.05) is 31.0 Å². The first kappa shape index (κ1) is 17.2. The standard InChI is InChI=1S/C14H20N2O4S/c1-20-12-9-10(5-6-11(12)13(17)18)16-14(19)15-7-3-4-8-21-2/h5-6,9H,3-4,7-8H2,1-2H3,(H,17,18)(H2,15,16,19). The molecule has 1 aromatic carbocycles. The van der Waals surface area contributed by atoms with Crippen LogP contribution in [0.4, 0.5) is 10.5 Å². The molecule has 0 fully saturated rings. The van der Waals surface area contributed by atoms with Gasteiger partial charge >= 0.3 is 12.0 Å². The molecule has 2 amide bonds. The van der Waals surface area contributed by atoms with E-state index in [1.807, 2.05) is 6.26 Å². The van der Waals surface area contributed by atoms with Crippen molar-refractivity contribution in [1.29, 1.82) is 0 Å². The summed E-state index contributed by atoms with van der Waals surface area (Å²) in [6.45, 7) is 0.608. The molecule has 21 heavy (non-hydrogen) atoms. The number of hydrogen-bond acceptors (Lipinski definition) is 4. The number of carbonyl (C=O) groups is 2. The van der Waals surface area contributed by atoms with Crippen molar-refractivity contribution in [2.45, 2.75) is 12.8 Å². The average Bonchev–Trinajstić information content (AvgIpc) is 2.46. The molecule has 6 nitrogen and oxygen atoms in total. The Morgan fingerprint density at radius 1 is 1.33 bits per heavy atom. The molecule has 0 radical (unpaired) electrons. The summed E-state index contributed by atoms with van der Waals surface area (Å²) in [6.07, 6.45) is 4.03. The topological polar surface area (TPSA) is 87.7 Å². The zero-order valence-corrected chi connectivity index (χ0v) is 13.0. The van der Waals surface area contributed by atoms with Crippen molar-refractivity contribution in [1.82, 2.24) is 5.32 Å². The van der Waals surface area contributed by atoms with Crippen LogP contribution in [0.2, 0.25) is 0 Å². The van der Waals surface area contributed by atoms with Crippen LogP contribution in [0.15, 0.2) is 18.2 Å². The molecular weight excluding hydrogens is 292 g/mol. The van der Waals surface area contributed by atoms with Crippen LogP contribution in [0, 0.1) is 0 Å². The molecule has 0 bridgehead atoms. The van der Waals surface area contributed by atoms with Crippen molar-refractivity contribution < 1.29 is 19.4 Å². The van der Waals surface area contributed by atoms with E-state index in [2.05, 4.69) is 10.6 Å². The second-order valence-electron chi connectivity index (χ2n) is 4.30. The fraction of sp³-hybridized carbons (Fsp3) is 0.429. The van der Waals surface area contributed by atoms with E-state index in [1.54, 1.807) is 11.8 Å². The number of methoxy groups -OCH3 is 1. The van der Waals surface area contributed by atoms with Gasteiger partial charge in [-0.2, -0.15) is 11.8 Å². The molecule has 0 atom stereocenters. The number of unbranched alkanes of at least 4 members (excludes halogenated alkanes) is 1.